The third-order valence-corrected chi connectivity index (χ3v) is 2.96. The number of nitrogens with one attached hydrogen (secondary N) is 1. The number of hydrogen-bond donors (Lipinski definition) is 4. The minimum absolute atomic E-state index is 0.319. The molecule has 0 fully saturated rings. The molecule has 0 bridgehead atoms. The van der Waals surface area contributed by atoms with Gasteiger partial charge < -0.3 is 14.9 Å². The first kappa shape index (κ1) is 12.6. The molecule has 0 aromatic heterocycles. The molecule has 0 aliphatic heterocycles. The molecule has 1 unspecified atom stereocenters. The predicted octanol–water partition coefficient (Wildman–Crippen LogP) is -0.180. The zero-order valence-corrected chi connectivity index (χ0v) is 8.36. The lowest BCUT2D eigenvalue weighted by atomic mass is 10.2. The smallest absolute Gasteiger partial charge is 0.342 e. The van der Waals surface area contributed by atoms with Gasteiger partial charge in [-0.15, -0.1) is 0 Å². The van der Waals surface area contributed by atoms with Gasteiger partial charge >= 0.3 is 13.6 Å². The van der Waals surface area contributed by atoms with Crippen LogP contribution in [-0.2, 0) is 9.36 Å². The molecule has 0 aromatic carbocycles. The van der Waals surface area contributed by atoms with Gasteiger partial charge in [0, 0.05) is 0 Å². The second-order valence-electron chi connectivity index (χ2n) is 3.05. The number of rotatable bonds is 5. The van der Waals surface area contributed by atoms with Crippen molar-refractivity contribution in [1.29, 1.82) is 0 Å². The van der Waals surface area contributed by atoms with E-state index in [4.69, 9.17) is 14.9 Å². The Kier molecular flexibility index (Phi) is 4.56. The standard InChI is InChI=1S/C6H14NO5P/c1-4(2)6(13(10,11)12)7-3-5(8)9/h4,6-7H,3H2,1-2H3,(H,8,9)(H2,10,11,12). The van der Waals surface area contributed by atoms with Crippen molar-refractivity contribution in [1.82, 2.24) is 5.32 Å². The maximum Gasteiger partial charge on any atom is 0.342 e. The first-order valence-corrected chi connectivity index (χ1v) is 5.43. The highest BCUT2D eigenvalue weighted by atomic mass is 31.2. The molecule has 7 heteroatoms. The van der Waals surface area contributed by atoms with Gasteiger partial charge in [0.05, 0.1) is 6.54 Å². The molecule has 6 nitrogen and oxygen atoms in total. The number of carboxylic acid groups (broad SMARTS) is 1. The topological polar surface area (TPSA) is 107 Å². The molecule has 0 spiro atoms. The van der Waals surface area contributed by atoms with Gasteiger partial charge in [-0.25, -0.2) is 0 Å². The molecular weight excluding hydrogens is 197 g/mol. The van der Waals surface area contributed by atoms with Crippen molar-refractivity contribution >= 4 is 13.6 Å². The minimum atomic E-state index is -4.26. The van der Waals surface area contributed by atoms with Gasteiger partial charge in [-0.1, -0.05) is 13.8 Å². The van der Waals surface area contributed by atoms with E-state index in [1.165, 1.54) is 0 Å². The second kappa shape index (κ2) is 4.72. The van der Waals surface area contributed by atoms with Gasteiger partial charge in [0.2, 0.25) is 0 Å². The van der Waals surface area contributed by atoms with E-state index < -0.39 is 25.9 Å². The summed E-state index contributed by atoms with van der Waals surface area (Å²) < 4.78 is 10.8. The molecule has 0 radical (unpaired) electrons. The van der Waals surface area contributed by atoms with Crippen LogP contribution in [0.15, 0.2) is 0 Å². The quantitative estimate of drug-likeness (QED) is 0.470. The van der Waals surface area contributed by atoms with Gasteiger partial charge in [0.1, 0.15) is 5.78 Å². The molecule has 0 saturated carbocycles. The van der Waals surface area contributed by atoms with Crippen molar-refractivity contribution in [2.24, 2.45) is 5.92 Å². The highest BCUT2D eigenvalue weighted by molar-refractivity contribution is 7.52. The molecular formula is C6H14NO5P. The van der Waals surface area contributed by atoms with Crippen LogP contribution in [0.3, 0.4) is 0 Å². The van der Waals surface area contributed by atoms with Crippen molar-refractivity contribution in [2.75, 3.05) is 6.54 Å². The number of carbonyl (C=O) groups is 1. The van der Waals surface area contributed by atoms with Gasteiger partial charge in [0.15, 0.2) is 0 Å². The zero-order chi connectivity index (χ0) is 10.6. The molecule has 13 heavy (non-hydrogen) atoms. The average Bonchev–Trinajstić information content (AvgIpc) is 1.81. The van der Waals surface area contributed by atoms with E-state index in [0.29, 0.717) is 0 Å². The van der Waals surface area contributed by atoms with Crippen molar-refractivity contribution in [3.63, 3.8) is 0 Å². The summed E-state index contributed by atoms with van der Waals surface area (Å²) in [6, 6.07) is 0. The number of carboxylic acids is 1. The minimum Gasteiger partial charge on any atom is -0.480 e. The van der Waals surface area contributed by atoms with Crippen LogP contribution in [0.1, 0.15) is 13.8 Å². The van der Waals surface area contributed by atoms with Gasteiger partial charge in [-0.05, 0) is 5.92 Å². The lowest BCUT2D eigenvalue weighted by molar-refractivity contribution is -0.136. The normalized spacial score (nSPS) is 14.5. The molecule has 0 aliphatic rings. The van der Waals surface area contributed by atoms with E-state index in [2.05, 4.69) is 5.32 Å². The average molecular weight is 211 g/mol. The lowest BCUT2D eigenvalue weighted by Crippen LogP contribution is -2.37. The maximum atomic E-state index is 10.8. The fourth-order valence-corrected chi connectivity index (χ4v) is 2.04. The lowest BCUT2D eigenvalue weighted by Gasteiger charge is -2.22. The van der Waals surface area contributed by atoms with Crippen LogP contribution in [0.4, 0.5) is 0 Å². The largest absolute Gasteiger partial charge is 0.480 e. The van der Waals surface area contributed by atoms with Crippen LogP contribution >= 0.6 is 7.60 Å². The summed E-state index contributed by atoms with van der Waals surface area (Å²) in [4.78, 5) is 27.8. The summed E-state index contributed by atoms with van der Waals surface area (Å²) in [6.07, 6.45) is 0. The Morgan fingerprint density at radius 1 is 1.46 bits per heavy atom. The van der Waals surface area contributed by atoms with Crippen LogP contribution in [0, 0.1) is 5.92 Å². The zero-order valence-electron chi connectivity index (χ0n) is 7.47. The highest BCUT2D eigenvalue weighted by Gasteiger charge is 2.31. The third-order valence-electron chi connectivity index (χ3n) is 1.46. The Bertz CT molecular complexity index is 223. The van der Waals surface area contributed by atoms with E-state index in [9.17, 15) is 9.36 Å². The van der Waals surface area contributed by atoms with Crippen LogP contribution < -0.4 is 5.32 Å². The molecule has 4 N–H and O–H groups in total. The Hall–Kier alpha value is -0.420. The van der Waals surface area contributed by atoms with Crippen LogP contribution in [0.25, 0.3) is 0 Å². The van der Waals surface area contributed by atoms with Crippen LogP contribution in [0.2, 0.25) is 0 Å². The van der Waals surface area contributed by atoms with E-state index in [0.717, 1.165) is 0 Å². The van der Waals surface area contributed by atoms with Gasteiger partial charge in [-0.2, -0.15) is 0 Å². The molecule has 78 valence electrons. The van der Waals surface area contributed by atoms with Crippen molar-refractivity contribution in [3.8, 4) is 0 Å². The Balaban J connectivity index is 4.29. The van der Waals surface area contributed by atoms with Gasteiger partial charge in [0.25, 0.3) is 0 Å². The molecule has 0 rings (SSSR count). The predicted molar refractivity (Wildman–Crippen MR) is 46.3 cm³/mol. The Labute approximate surface area is 76.1 Å². The van der Waals surface area contributed by atoms with Crippen LogP contribution in [0.5, 0.6) is 0 Å². The van der Waals surface area contributed by atoms with E-state index in [1.807, 2.05) is 0 Å². The Morgan fingerprint density at radius 2 is 1.92 bits per heavy atom. The molecule has 1 atom stereocenters. The summed E-state index contributed by atoms with van der Waals surface area (Å²) in [6.45, 7) is 2.77. The van der Waals surface area contributed by atoms with Crippen molar-refractivity contribution in [3.05, 3.63) is 0 Å². The SMILES string of the molecule is CC(C)C(NCC(=O)O)P(=O)(O)O. The van der Waals surface area contributed by atoms with Crippen molar-refractivity contribution in [2.45, 2.75) is 19.6 Å². The van der Waals surface area contributed by atoms with E-state index in [1.54, 1.807) is 13.8 Å². The fourth-order valence-electron chi connectivity index (χ4n) is 0.935. The summed E-state index contributed by atoms with van der Waals surface area (Å²) in [5, 5.41) is 10.6. The third kappa shape index (κ3) is 5.00. The highest BCUT2D eigenvalue weighted by Crippen LogP contribution is 2.42. The van der Waals surface area contributed by atoms with E-state index in [-0.39, 0.29) is 5.92 Å². The summed E-state index contributed by atoms with van der Waals surface area (Å²) in [5.74, 6) is -2.55. The van der Waals surface area contributed by atoms with Gasteiger partial charge in [-0.3, -0.25) is 14.7 Å². The number of aliphatic carboxylic acids is 1. The number of hydrogen-bond acceptors (Lipinski definition) is 3. The first-order valence-electron chi connectivity index (χ1n) is 3.75. The molecule has 0 saturated heterocycles. The fraction of sp³-hybridized carbons (Fsp3) is 0.833. The molecule has 0 aromatic rings. The molecule has 0 aliphatic carbocycles. The monoisotopic (exact) mass is 211 g/mol. The van der Waals surface area contributed by atoms with E-state index >= 15 is 0 Å². The summed E-state index contributed by atoms with van der Waals surface area (Å²) in [7, 11) is -4.26. The van der Waals surface area contributed by atoms with Crippen LogP contribution in [-0.4, -0.2) is 33.2 Å². The summed E-state index contributed by atoms with van der Waals surface area (Å²) in [5.41, 5.74) is 0. The second-order valence-corrected chi connectivity index (χ2v) is 4.79. The maximum absolute atomic E-state index is 10.8. The summed E-state index contributed by atoms with van der Waals surface area (Å²) >= 11 is 0. The molecule has 0 amide bonds. The first-order chi connectivity index (χ1) is 5.75. The Morgan fingerprint density at radius 3 is 2.15 bits per heavy atom. The van der Waals surface area contributed by atoms with Crippen molar-refractivity contribution < 1.29 is 24.3 Å². The molecule has 0 heterocycles.